The smallest absolute Gasteiger partial charge is 0.200 e. The average Bonchev–Trinajstić information content (AvgIpc) is 2.16. The minimum atomic E-state index is -3.47. The molecule has 70 valence electrons. The van der Waals surface area contributed by atoms with E-state index in [1.54, 1.807) is 25.1 Å². The Morgan fingerprint density at radius 3 is 2.46 bits per heavy atom. The van der Waals surface area contributed by atoms with Gasteiger partial charge in [-0.1, -0.05) is 18.2 Å². The van der Waals surface area contributed by atoms with Gasteiger partial charge in [0.2, 0.25) is 0 Å². The third-order valence-corrected chi connectivity index (χ3v) is 2.59. The van der Waals surface area contributed by atoms with Crippen LogP contribution >= 0.6 is 0 Å². The first-order chi connectivity index (χ1) is 6.17. The second kappa shape index (κ2) is 4.04. The second-order valence-electron chi connectivity index (χ2n) is 2.30. The minimum Gasteiger partial charge on any atom is -0.200 e. The van der Waals surface area contributed by atoms with Gasteiger partial charge >= 0.3 is 0 Å². The van der Waals surface area contributed by atoms with Gasteiger partial charge in [0.15, 0.2) is 0 Å². The lowest BCUT2D eigenvalue weighted by Crippen LogP contribution is -2.17. The molecule has 0 saturated heterocycles. The van der Waals surface area contributed by atoms with Crippen LogP contribution in [0.4, 0.5) is 0 Å². The summed E-state index contributed by atoms with van der Waals surface area (Å²) in [5.41, 5.74) is 0. The Balaban J connectivity index is 2.95. The summed E-state index contributed by atoms with van der Waals surface area (Å²) in [4.78, 5) is 2.28. The van der Waals surface area contributed by atoms with E-state index < -0.39 is 10.0 Å². The van der Waals surface area contributed by atoms with Gasteiger partial charge < -0.3 is 0 Å². The molecule has 0 aliphatic heterocycles. The largest absolute Gasteiger partial charge is 0.276 e. The monoisotopic (exact) mass is 198 g/mol. The Kier molecular flexibility index (Phi) is 3.02. The summed E-state index contributed by atoms with van der Waals surface area (Å²) in [6.07, 6.45) is 1.38. The lowest BCUT2D eigenvalue weighted by atomic mass is 10.4. The fraction of sp³-hybridized carbons (Fsp3) is 0.125. The predicted molar refractivity (Wildman–Crippen MR) is 50.9 cm³/mol. The number of hydrazone groups is 1. The maximum Gasteiger partial charge on any atom is 0.276 e. The highest BCUT2D eigenvalue weighted by Crippen LogP contribution is 2.06. The number of rotatable bonds is 3. The van der Waals surface area contributed by atoms with Gasteiger partial charge in [0, 0.05) is 6.21 Å². The molecule has 1 aromatic carbocycles. The van der Waals surface area contributed by atoms with E-state index in [0.29, 0.717) is 0 Å². The zero-order valence-corrected chi connectivity index (χ0v) is 7.95. The van der Waals surface area contributed by atoms with Crippen molar-refractivity contribution in [2.75, 3.05) is 0 Å². The Hall–Kier alpha value is -1.36. The summed E-state index contributed by atoms with van der Waals surface area (Å²) in [5, 5.41) is 3.46. The van der Waals surface area contributed by atoms with Gasteiger partial charge in [-0.05, 0) is 19.1 Å². The van der Waals surface area contributed by atoms with Crippen LogP contribution in [0.5, 0.6) is 0 Å². The molecular formula is C8H10N2O2S. The lowest BCUT2D eigenvalue weighted by molar-refractivity contribution is 0.584. The van der Waals surface area contributed by atoms with Crippen LogP contribution in [0.3, 0.4) is 0 Å². The molecular weight excluding hydrogens is 188 g/mol. The molecule has 0 radical (unpaired) electrons. The Bertz CT molecular complexity index is 384. The fourth-order valence-corrected chi connectivity index (χ4v) is 1.64. The van der Waals surface area contributed by atoms with Crippen LogP contribution in [-0.4, -0.2) is 14.6 Å². The van der Waals surface area contributed by atoms with Gasteiger partial charge in [-0.2, -0.15) is 13.5 Å². The number of hydrogen-bond acceptors (Lipinski definition) is 3. The van der Waals surface area contributed by atoms with Gasteiger partial charge in [-0.25, -0.2) is 4.83 Å². The van der Waals surface area contributed by atoms with Crippen molar-refractivity contribution in [3.05, 3.63) is 30.3 Å². The molecule has 0 fully saturated rings. The van der Waals surface area contributed by atoms with Crippen LogP contribution < -0.4 is 4.83 Å². The zero-order valence-electron chi connectivity index (χ0n) is 7.14. The average molecular weight is 198 g/mol. The highest BCUT2D eigenvalue weighted by Gasteiger charge is 2.10. The molecule has 5 heteroatoms. The standard InChI is InChI=1S/C8H10N2O2S/c1-2-9-10-13(11,12)8-6-4-3-5-7-8/h2-7,10H,1H3. The summed E-state index contributed by atoms with van der Waals surface area (Å²) in [7, 11) is -3.47. The molecule has 0 amide bonds. The number of nitrogens with zero attached hydrogens (tertiary/aromatic N) is 1. The molecule has 0 aliphatic carbocycles. The van der Waals surface area contributed by atoms with Crippen molar-refractivity contribution in [1.82, 2.24) is 4.83 Å². The molecule has 0 saturated carbocycles. The van der Waals surface area contributed by atoms with Crippen molar-refractivity contribution in [3.63, 3.8) is 0 Å². The third kappa shape index (κ3) is 2.55. The summed E-state index contributed by atoms with van der Waals surface area (Å²) < 4.78 is 22.7. The topological polar surface area (TPSA) is 58.5 Å². The van der Waals surface area contributed by atoms with E-state index >= 15 is 0 Å². The van der Waals surface area contributed by atoms with E-state index in [0.717, 1.165) is 0 Å². The van der Waals surface area contributed by atoms with Crippen LogP contribution in [0.1, 0.15) is 6.92 Å². The first-order valence-electron chi connectivity index (χ1n) is 3.71. The Morgan fingerprint density at radius 1 is 1.31 bits per heavy atom. The van der Waals surface area contributed by atoms with Crippen molar-refractivity contribution in [3.8, 4) is 0 Å². The highest BCUT2D eigenvalue weighted by atomic mass is 32.2. The Morgan fingerprint density at radius 2 is 1.92 bits per heavy atom. The number of hydrogen-bond donors (Lipinski definition) is 1. The van der Waals surface area contributed by atoms with Crippen LogP contribution in [0.25, 0.3) is 0 Å². The van der Waals surface area contributed by atoms with E-state index in [9.17, 15) is 8.42 Å². The molecule has 0 atom stereocenters. The fourth-order valence-electron chi connectivity index (χ4n) is 0.774. The molecule has 1 aromatic rings. The van der Waals surface area contributed by atoms with Crippen LogP contribution in [-0.2, 0) is 10.0 Å². The lowest BCUT2D eigenvalue weighted by Gasteiger charge is -2.01. The normalized spacial score (nSPS) is 11.8. The van der Waals surface area contributed by atoms with E-state index in [1.165, 1.54) is 18.3 Å². The van der Waals surface area contributed by atoms with Crippen LogP contribution in [0.15, 0.2) is 40.3 Å². The summed E-state index contributed by atoms with van der Waals surface area (Å²) in [6.45, 7) is 1.63. The van der Waals surface area contributed by atoms with Crippen molar-refractivity contribution in [1.29, 1.82) is 0 Å². The van der Waals surface area contributed by atoms with Crippen molar-refractivity contribution in [2.45, 2.75) is 11.8 Å². The van der Waals surface area contributed by atoms with Gasteiger partial charge in [-0.15, -0.1) is 0 Å². The molecule has 13 heavy (non-hydrogen) atoms. The maximum atomic E-state index is 11.4. The summed E-state index contributed by atoms with van der Waals surface area (Å²) in [5.74, 6) is 0. The number of nitrogens with one attached hydrogen (secondary N) is 1. The molecule has 1 rings (SSSR count). The van der Waals surface area contributed by atoms with E-state index in [2.05, 4.69) is 9.93 Å². The molecule has 0 bridgehead atoms. The summed E-state index contributed by atoms with van der Waals surface area (Å²) in [6, 6.07) is 8.08. The molecule has 0 spiro atoms. The van der Waals surface area contributed by atoms with E-state index in [-0.39, 0.29) is 4.90 Å². The third-order valence-electron chi connectivity index (χ3n) is 1.36. The maximum absolute atomic E-state index is 11.4. The highest BCUT2D eigenvalue weighted by molar-refractivity contribution is 7.89. The van der Waals surface area contributed by atoms with E-state index in [4.69, 9.17) is 0 Å². The quantitative estimate of drug-likeness (QED) is 0.581. The van der Waals surface area contributed by atoms with Gasteiger partial charge in [0.05, 0.1) is 4.90 Å². The molecule has 0 aromatic heterocycles. The molecule has 1 N–H and O–H groups in total. The van der Waals surface area contributed by atoms with Gasteiger partial charge in [-0.3, -0.25) is 0 Å². The minimum absolute atomic E-state index is 0.209. The predicted octanol–water partition coefficient (Wildman–Crippen LogP) is 0.971. The van der Waals surface area contributed by atoms with Gasteiger partial charge in [0.25, 0.3) is 10.0 Å². The molecule has 4 nitrogen and oxygen atoms in total. The van der Waals surface area contributed by atoms with Crippen molar-refractivity contribution in [2.24, 2.45) is 5.10 Å². The summed E-state index contributed by atoms with van der Waals surface area (Å²) >= 11 is 0. The Labute approximate surface area is 77.3 Å². The zero-order chi connectivity index (χ0) is 9.73. The number of sulfonamides is 1. The van der Waals surface area contributed by atoms with Gasteiger partial charge in [0.1, 0.15) is 0 Å². The van der Waals surface area contributed by atoms with Crippen molar-refractivity contribution >= 4 is 16.2 Å². The SMILES string of the molecule is CC=NNS(=O)(=O)c1ccccc1. The van der Waals surface area contributed by atoms with Crippen LogP contribution in [0.2, 0.25) is 0 Å². The first kappa shape index (κ1) is 9.73. The molecule has 0 aliphatic rings. The number of benzene rings is 1. The van der Waals surface area contributed by atoms with E-state index in [1.807, 2.05) is 0 Å². The van der Waals surface area contributed by atoms with Crippen LogP contribution in [0, 0.1) is 0 Å². The molecule has 0 heterocycles. The second-order valence-corrected chi connectivity index (χ2v) is 3.96. The van der Waals surface area contributed by atoms with Crippen molar-refractivity contribution < 1.29 is 8.42 Å². The first-order valence-corrected chi connectivity index (χ1v) is 5.19. The molecule has 0 unspecified atom stereocenters.